The van der Waals surface area contributed by atoms with Crippen molar-refractivity contribution in [2.45, 2.75) is 13.5 Å². The Morgan fingerprint density at radius 1 is 1.65 bits per heavy atom. The number of hydrogen-bond donors (Lipinski definition) is 1. The minimum absolute atomic E-state index is 0.115. The molecule has 0 saturated heterocycles. The summed E-state index contributed by atoms with van der Waals surface area (Å²) in [5.41, 5.74) is 6.89. The molecule has 0 aliphatic carbocycles. The van der Waals surface area contributed by atoms with E-state index in [1.54, 1.807) is 24.0 Å². The third-order valence-electron chi connectivity index (χ3n) is 2.16. The fraction of sp³-hybridized carbons (Fsp3) is 0.300. The molecule has 0 aromatic carbocycles. The zero-order chi connectivity index (χ0) is 12.4. The maximum absolute atomic E-state index is 11.7. The van der Waals surface area contributed by atoms with Crippen molar-refractivity contribution in [3.8, 4) is 0 Å². The summed E-state index contributed by atoms with van der Waals surface area (Å²) in [6, 6.07) is 1.62. The summed E-state index contributed by atoms with van der Waals surface area (Å²) in [6.07, 6.45) is 1.70. The minimum atomic E-state index is -0.388. The van der Waals surface area contributed by atoms with Crippen LogP contribution in [0.4, 0.5) is 5.69 Å². The standard InChI is InChI=1S/C10H12N4O2S/c1-6-8(11)3-9(17-6)10(15)16-5-7-4-14(2)13-12-7/h3-4H,5,11H2,1-2H3. The van der Waals surface area contributed by atoms with Gasteiger partial charge in [0, 0.05) is 17.6 Å². The number of nitrogens with zero attached hydrogens (tertiary/aromatic N) is 3. The van der Waals surface area contributed by atoms with Crippen molar-refractivity contribution in [1.82, 2.24) is 15.0 Å². The number of hydrogen-bond acceptors (Lipinski definition) is 6. The number of ether oxygens (including phenoxy) is 1. The van der Waals surface area contributed by atoms with E-state index in [0.29, 0.717) is 16.3 Å². The van der Waals surface area contributed by atoms with Gasteiger partial charge >= 0.3 is 5.97 Å². The number of rotatable bonds is 3. The zero-order valence-corrected chi connectivity index (χ0v) is 10.3. The molecule has 0 bridgehead atoms. The smallest absolute Gasteiger partial charge is 0.348 e. The number of thiophene rings is 1. The highest BCUT2D eigenvalue weighted by Crippen LogP contribution is 2.24. The molecule has 2 heterocycles. The number of aryl methyl sites for hydroxylation is 2. The Morgan fingerprint density at radius 3 is 2.94 bits per heavy atom. The van der Waals surface area contributed by atoms with Crippen LogP contribution in [0.3, 0.4) is 0 Å². The first kappa shape index (κ1) is 11.6. The molecule has 2 aromatic heterocycles. The van der Waals surface area contributed by atoms with Gasteiger partial charge in [0.05, 0.1) is 6.20 Å². The predicted octanol–water partition coefficient (Wildman–Crippen LogP) is 1.12. The Labute approximate surface area is 102 Å². The summed E-state index contributed by atoms with van der Waals surface area (Å²) in [7, 11) is 1.75. The molecular formula is C10H12N4O2S. The van der Waals surface area contributed by atoms with Gasteiger partial charge in [0.1, 0.15) is 17.2 Å². The first-order valence-corrected chi connectivity index (χ1v) is 5.76. The minimum Gasteiger partial charge on any atom is -0.455 e. The molecule has 90 valence electrons. The molecule has 7 heteroatoms. The molecule has 0 atom stereocenters. The fourth-order valence-corrected chi connectivity index (χ4v) is 2.10. The van der Waals surface area contributed by atoms with Crippen LogP contribution in [0.15, 0.2) is 12.3 Å². The molecule has 6 nitrogen and oxygen atoms in total. The van der Waals surface area contributed by atoms with E-state index in [9.17, 15) is 4.79 Å². The molecule has 17 heavy (non-hydrogen) atoms. The summed E-state index contributed by atoms with van der Waals surface area (Å²) in [4.78, 5) is 13.1. The van der Waals surface area contributed by atoms with Crippen LogP contribution in [-0.2, 0) is 18.4 Å². The van der Waals surface area contributed by atoms with Gasteiger partial charge in [0.15, 0.2) is 0 Å². The van der Waals surface area contributed by atoms with Crippen molar-refractivity contribution < 1.29 is 9.53 Å². The van der Waals surface area contributed by atoms with E-state index in [0.717, 1.165) is 4.88 Å². The SMILES string of the molecule is Cc1sc(C(=O)OCc2cn(C)nn2)cc1N. The molecule has 0 aliphatic rings. The number of anilines is 1. The maximum Gasteiger partial charge on any atom is 0.348 e. The number of carbonyl (C=O) groups excluding carboxylic acids is 1. The molecule has 0 unspecified atom stereocenters. The lowest BCUT2D eigenvalue weighted by molar-refractivity contribution is 0.0473. The number of nitrogens with two attached hydrogens (primary N) is 1. The van der Waals surface area contributed by atoms with Crippen LogP contribution in [0, 0.1) is 6.92 Å². The largest absolute Gasteiger partial charge is 0.455 e. The second-order valence-corrected chi connectivity index (χ2v) is 4.84. The third-order valence-corrected chi connectivity index (χ3v) is 3.20. The first-order chi connectivity index (χ1) is 8.06. The lowest BCUT2D eigenvalue weighted by Crippen LogP contribution is -2.03. The summed E-state index contributed by atoms with van der Waals surface area (Å²) in [6.45, 7) is 1.98. The number of aromatic nitrogens is 3. The van der Waals surface area contributed by atoms with E-state index in [1.807, 2.05) is 6.92 Å². The van der Waals surface area contributed by atoms with Gasteiger partial charge in [-0.1, -0.05) is 5.21 Å². The molecule has 0 saturated carbocycles. The average molecular weight is 252 g/mol. The van der Waals surface area contributed by atoms with E-state index < -0.39 is 0 Å². The highest BCUT2D eigenvalue weighted by Gasteiger charge is 2.13. The van der Waals surface area contributed by atoms with Crippen LogP contribution in [-0.4, -0.2) is 21.0 Å². The van der Waals surface area contributed by atoms with Crippen molar-refractivity contribution >= 4 is 23.0 Å². The van der Waals surface area contributed by atoms with Crippen molar-refractivity contribution in [3.05, 3.63) is 27.7 Å². The molecule has 0 aliphatic heterocycles. The molecule has 0 spiro atoms. The van der Waals surface area contributed by atoms with Crippen LogP contribution >= 0.6 is 11.3 Å². The zero-order valence-electron chi connectivity index (χ0n) is 9.51. The van der Waals surface area contributed by atoms with Crippen LogP contribution in [0.25, 0.3) is 0 Å². The van der Waals surface area contributed by atoms with Gasteiger partial charge < -0.3 is 10.5 Å². The fourth-order valence-electron chi connectivity index (χ4n) is 1.27. The first-order valence-electron chi connectivity index (χ1n) is 4.94. The number of esters is 1. The average Bonchev–Trinajstić information content (AvgIpc) is 2.83. The van der Waals surface area contributed by atoms with Gasteiger partial charge in [-0.2, -0.15) is 0 Å². The van der Waals surface area contributed by atoms with E-state index >= 15 is 0 Å². The molecule has 0 fully saturated rings. The van der Waals surface area contributed by atoms with Crippen LogP contribution in [0.5, 0.6) is 0 Å². The lowest BCUT2D eigenvalue weighted by atomic mass is 10.4. The molecule has 2 rings (SSSR count). The van der Waals surface area contributed by atoms with Gasteiger partial charge in [-0.25, -0.2) is 4.79 Å². The summed E-state index contributed by atoms with van der Waals surface area (Å²) in [5, 5.41) is 7.56. The second kappa shape index (κ2) is 4.54. The topological polar surface area (TPSA) is 83.0 Å². The highest BCUT2D eigenvalue weighted by atomic mass is 32.1. The maximum atomic E-state index is 11.7. The van der Waals surface area contributed by atoms with Crippen molar-refractivity contribution in [2.75, 3.05) is 5.73 Å². The number of carbonyl (C=O) groups is 1. The van der Waals surface area contributed by atoms with Crippen molar-refractivity contribution in [1.29, 1.82) is 0 Å². The molecule has 2 N–H and O–H groups in total. The summed E-state index contributed by atoms with van der Waals surface area (Å²) >= 11 is 1.32. The van der Waals surface area contributed by atoms with Gasteiger partial charge in [-0.05, 0) is 13.0 Å². The molecule has 0 amide bonds. The summed E-state index contributed by atoms with van der Waals surface area (Å²) in [5.74, 6) is -0.388. The van der Waals surface area contributed by atoms with E-state index in [2.05, 4.69) is 10.3 Å². The highest BCUT2D eigenvalue weighted by molar-refractivity contribution is 7.14. The monoisotopic (exact) mass is 252 g/mol. The van der Waals surface area contributed by atoms with Gasteiger partial charge in [-0.15, -0.1) is 16.4 Å². The van der Waals surface area contributed by atoms with E-state index in [-0.39, 0.29) is 12.6 Å². The van der Waals surface area contributed by atoms with Crippen LogP contribution in [0.2, 0.25) is 0 Å². The lowest BCUT2D eigenvalue weighted by Gasteiger charge is -1.98. The Bertz CT molecular complexity index is 527. The number of nitrogen functional groups attached to an aromatic ring is 1. The van der Waals surface area contributed by atoms with Gasteiger partial charge in [0.2, 0.25) is 0 Å². The Balaban J connectivity index is 1.98. The molecule has 0 radical (unpaired) electrons. The Kier molecular flexibility index (Phi) is 3.10. The normalized spacial score (nSPS) is 10.5. The second-order valence-electron chi connectivity index (χ2n) is 3.58. The summed E-state index contributed by atoms with van der Waals surface area (Å²) < 4.78 is 6.65. The van der Waals surface area contributed by atoms with E-state index in [1.165, 1.54) is 11.3 Å². The Morgan fingerprint density at radius 2 is 2.41 bits per heavy atom. The Hall–Kier alpha value is -1.89. The van der Waals surface area contributed by atoms with Crippen molar-refractivity contribution in [3.63, 3.8) is 0 Å². The van der Waals surface area contributed by atoms with Gasteiger partial charge in [0.25, 0.3) is 0 Å². The van der Waals surface area contributed by atoms with Crippen LogP contribution in [0.1, 0.15) is 20.2 Å². The predicted molar refractivity (Wildman–Crippen MR) is 63.6 cm³/mol. The van der Waals surface area contributed by atoms with Gasteiger partial charge in [-0.3, -0.25) is 4.68 Å². The van der Waals surface area contributed by atoms with Crippen molar-refractivity contribution in [2.24, 2.45) is 7.05 Å². The van der Waals surface area contributed by atoms with E-state index in [4.69, 9.17) is 10.5 Å². The quantitative estimate of drug-likeness (QED) is 0.828. The third kappa shape index (κ3) is 2.62. The van der Waals surface area contributed by atoms with Crippen LogP contribution < -0.4 is 5.73 Å². The molecular weight excluding hydrogens is 240 g/mol. The molecule has 2 aromatic rings.